The molecule has 2 unspecified atom stereocenters. The second kappa shape index (κ2) is 5.51. The van der Waals surface area contributed by atoms with Gasteiger partial charge in [-0.25, -0.2) is 0 Å². The fraction of sp³-hybridized carbons (Fsp3) is 0.571. The lowest BCUT2D eigenvalue weighted by molar-refractivity contribution is 0.140. The number of benzene rings is 1. The van der Waals surface area contributed by atoms with Crippen LogP contribution in [0.2, 0.25) is 0 Å². The summed E-state index contributed by atoms with van der Waals surface area (Å²) in [6.07, 6.45) is 2.24. The minimum absolute atomic E-state index is 0.394. The van der Waals surface area contributed by atoms with Crippen molar-refractivity contribution in [3.05, 3.63) is 33.8 Å². The van der Waals surface area contributed by atoms with Crippen molar-refractivity contribution in [2.75, 3.05) is 6.54 Å². The van der Waals surface area contributed by atoms with E-state index in [1.165, 1.54) is 15.6 Å². The Hall–Kier alpha value is -0.380. The number of rotatable bonds is 2. The van der Waals surface area contributed by atoms with Crippen LogP contribution in [-0.4, -0.2) is 23.5 Å². The Morgan fingerprint density at radius 2 is 2.24 bits per heavy atom. The van der Waals surface area contributed by atoms with Crippen LogP contribution in [0.3, 0.4) is 0 Å². The molecule has 1 aliphatic rings. The summed E-state index contributed by atoms with van der Waals surface area (Å²) in [4.78, 5) is 2.53. The second-order valence-corrected chi connectivity index (χ2v) is 6.04. The predicted octanol–water partition coefficient (Wildman–Crippen LogP) is 3.07. The van der Waals surface area contributed by atoms with Crippen molar-refractivity contribution in [1.29, 1.82) is 0 Å². The highest BCUT2D eigenvalue weighted by atomic mass is 79.9. The quantitative estimate of drug-likeness (QED) is 0.909. The minimum Gasteiger partial charge on any atom is -0.328 e. The summed E-state index contributed by atoms with van der Waals surface area (Å²) >= 11 is 3.60. The van der Waals surface area contributed by atoms with Gasteiger partial charge in [0.05, 0.1) is 0 Å². The first-order chi connectivity index (χ1) is 8.06. The van der Waals surface area contributed by atoms with E-state index in [1.54, 1.807) is 0 Å². The number of hydrogen-bond acceptors (Lipinski definition) is 2. The molecule has 1 aromatic rings. The van der Waals surface area contributed by atoms with Gasteiger partial charge in [0.1, 0.15) is 0 Å². The molecule has 0 aliphatic carbocycles. The molecule has 2 nitrogen and oxygen atoms in total. The van der Waals surface area contributed by atoms with E-state index in [2.05, 4.69) is 52.9 Å². The van der Waals surface area contributed by atoms with E-state index in [4.69, 9.17) is 5.73 Å². The lowest BCUT2D eigenvalue weighted by Gasteiger charge is -2.36. The highest BCUT2D eigenvalue weighted by Gasteiger charge is 2.22. The Bertz CT molecular complexity index is 392. The molecule has 0 radical (unpaired) electrons. The Labute approximate surface area is 112 Å². The van der Waals surface area contributed by atoms with Crippen LogP contribution < -0.4 is 5.73 Å². The molecule has 2 N–H and O–H groups in total. The summed E-state index contributed by atoms with van der Waals surface area (Å²) in [6.45, 7) is 6.55. The van der Waals surface area contributed by atoms with Crippen molar-refractivity contribution in [2.24, 2.45) is 5.73 Å². The number of nitrogens with zero attached hydrogens (tertiary/aromatic N) is 1. The van der Waals surface area contributed by atoms with Crippen LogP contribution in [0, 0.1) is 6.92 Å². The van der Waals surface area contributed by atoms with Crippen LogP contribution in [0.4, 0.5) is 0 Å². The third-order valence-electron chi connectivity index (χ3n) is 3.68. The Balaban J connectivity index is 2.02. The van der Waals surface area contributed by atoms with Crippen molar-refractivity contribution >= 4 is 15.9 Å². The Morgan fingerprint density at radius 1 is 1.47 bits per heavy atom. The normalized spacial score (nSPS) is 26.1. The fourth-order valence-corrected chi connectivity index (χ4v) is 2.89. The smallest absolute Gasteiger partial charge is 0.0236 e. The summed E-state index contributed by atoms with van der Waals surface area (Å²) < 4.78 is 1.20. The van der Waals surface area contributed by atoms with Gasteiger partial charge in [0.15, 0.2) is 0 Å². The molecule has 3 heteroatoms. The lowest BCUT2D eigenvalue weighted by Crippen LogP contribution is -2.44. The molecule has 17 heavy (non-hydrogen) atoms. The van der Waals surface area contributed by atoms with Gasteiger partial charge in [-0.2, -0.15) is 0 Å². The molecule has 0 bridgehead atoms. The zero-order chi connectivity index (χ0) is 12.4. The van der Waals surface area contributed by atoms with E-state index in [-0.39, 0.29) is 0 Å². The number of nitrogens with two attached hydrogens (primary N) is 1. The summed E-state index contributed by atoms with van der Waals surface area (Å²) in [7, 11) is 0. The molecule has 1 saturated heterocycles. The van der Waals surface area contributed by atoms with Gasteiger partial charge in [-0.1, -0.05) is 28.1 Å². The molecule has 1 aliphatic heterocycles. The van der Waals surface area contributed by atoms with E-state index >= 15 is 0 Å². The molecule has 94 valence electrons. The third-order valence-corrected chi connectivity index (χ3v) is 4.53. The zero-order valence-electron chi connectivity index (χ0n) is 10.6. The molecule has 2 rings (SSSR count). The molecule has 2 atom stereocenters. The highest BCUT2D eigenvalue weighted by Crippen LogP contribution is 2.22. The molecule has 1 heterocycles. The van der Waals surface area contributed by atoms with Gasteiger partial charge in [-0.3, -0.25) is 4.90 Å². The molecule has 0 amide bonds. The van der Waals surface area contributed by atoms with Crippen molar-refractivity contribution in [2.45, 2.75) is 45.3 Å². The first-order valence-electron chi connectivity index (χ1n) is 6.31. The fourth-order valence-electron chi connectivity index (χ4n) is 2.46. The standard InChI is InChI=1S/C14H21BrN2/c1-10-3-4-12(8-14(10)15)9-17-6-5-13(16)7-11(17)2/h3-4,8,11,13H,5-7,9,16H2,1-2H3. The summed E-state index contributed by atoms with van der Waals surface area (Å²) in [5.41, 5.74) is 8.66. The molecule has 0 aromatic heterocycles. The van der Waals surface area contributed by atoms with E-state index < -0.39 is 0 Å². The van der Waals surface area contributed by atoms with Crippen molar-refractivity contribution < 1.29 is 0 Å². The van der Waals surface area contributed by atoms with E-state index in [1.807, 2.05) is 0 Å². The monoisotopic (exact) mass is 296 g/mol. The van der Waals surface area contributed by atoms with E-state index in [0.29, 0.717) is 12.1 Å². The van der Waals surface area contributed by atoms with E-state index in [0.717, 1.165) is 25.9 Å². The van der Waals surface area contributed by atoms with Crippen LogP contribution in [0.15, 0.2) is 22.7 Å². The molecular weight excluding hydrogens is 276 g/mol. The molecular formula is C14H21BrN2. The first kappa shape index (κ1) is 13.1. The van der Waals surface area contributed by atoms with Gasteiger partial charge in [0.2, 0.25) is 0 Å². The maximum Gasteiger partial charge on any atom is 0.0236 e. The average molecular weight is 297 g/mol. The largest absolute Gasteiger partial charge is 0.328 e. The van der Waals surface area contributed by atoms with Crippen LogP contribution in [0.5, 0.6) is 0 Å². The zero-order valence-corrected chi connectivity index (χ0v) is 12.2. The number of hydrogen-bond donors (Lipinski definition) is 1. The topological polar surface area (TPSA) is 29.3 Å². The van der Waals surface area contributed by atoms with Gasteiger partial charge in [-0.05, 0) is 43.9 Å². The summed E-state index contributed by atoms with van der Waals surface area (Å²) in [5, 5.41) is 0. The maximum absolute atomic E-state index is 5.99. The minimum atomic E-state index is 0.394. The number of halogens is 1. The van der Waals surface area contributed by atoms with Crippen molar-refractivity contribution in [3.63, 3.8) is 0 Å². The maximum atomic E-state index is 5.99. The van der Waals surface area contributed by atoms with Crippen LogP contribution in [0.1, 0.15) is 30.9 Å². The lowest BCUT2D eigenvalue weighted by atomic mass is 9.98. The molecule has 0 saturated carbocycles. The molecule has 1 aromatic carbocycles. The number of aryl methyl sites for hydroxylation is 1. The third kappa shape index (κ3) is 3.30. The van der Waals surface area contributed by atoms with Crippen molar-refractivity contribution in [3.8, 4) is 0 Å². The second-order valence-electron chi connectivity index (χ2n) is 5.19. The predicted molar refractivity (Wildman–Crippen MR) is 76.0 cm³/mol. The molecule has 0 spiro atoms. The Morgan fingerprint density at radius 3 is 2.88 bits per heavy atom. The molecule has 1 fully saturated rings. The van der Waals surface area contributed by atoms with Crippen LogP contribution in [-0.2, 0) is 6.54 Å². The van der Waals surface area contributed by atoms with Crippen LogP contribution in [0.25, 0.3) is 0 Å². The van der Waals surface area contributed by atoms with Crippen molar-refractivity contribution in [1.82, 2.24) is 4.90 Å². The number of likely N-dealkylation sites (tertiary alicyclic amines) is 1. The van der Waals surface area contributed by atoms with Gasteiger partial charge < -0.3 is 5.73 Å². The van der Waals surface area contributed by atoms with Gasteiger partial charge >= 0.3 is 0 Å². The summed E-state index contributed by atoms with van der Waals surface area (Å²) in [5.74, 6) is 0. The van der Waals surface area contributed by atoms with Gasteiger partial charge in [-0.15, -0.1) is 0 Å². The van der Waals surface area contributed by atoms with Gasteiger partial charge in [0, 0.05) is 29.6 Å². The average Bonchev–Trinajstić information content (AvgIpc) is 2.27. The van der Waals surface area contributed by atoms with Gasteiger partial charge in [0.25, 0.3) is 0 Å². The first-order valence-corrected chi connectivity index (χ1v) is 7.10. The Kier molecular flexibility index (Phi) is 4.23. The SMILES string of the molecule is Cc1ccc(CN2CCC(N)CC2C)cc1Br. The highest BCUT2D eigenvalue weighted by molar-refractivity contribution is 9.10. The van der Waals surface area contributed by atoms with Crippen LogP contribution >= 0.6 is 15.9 Å². The summed E-state index contributed by atoms with van der Waals surface area (Å²) in [6, 6.07) is 7.63. The van der Waals surface area contributed by atoms with E-state index in [9.17, 15) is 0 Å². The number of piperidine rings is 1.